The Balaban J connectivity index is 0.00000420. The van der Waals surface area contributed by atoms with E-state index >= 15 is 0 Å². The quantitative estimate of drug-likeness (QED) is 0.238. The monoisotopic (exact) mass is 539 g/mol. The van der Waals surface area contributed by atoms with Crippen molar-refractivity contribution in [1.29, 1.82) is 0 Å². The fraction of sp³-hybridized carbons (Fsp3) is 0.737. The van der Waals surface area contributed by atoms with Crippen LogP contribution in [-0.4, -0.2) is 73.9 Å². The highest BCUT2D eigenvalue weighted by atomic mass is 127. The third kappa shape index (κ3) is 7.34. The van der Waals surface area contributed by atoms with E-state index in [0.717, 1.165) is 31.3 Å². The number of hydrogen-bond donors (Lipinski definition) is 2. The summed E-state index contributed by atoms with van der Waals surface area (Å²) in [7, 11) is 1.75. The van der Waals surface area contributed by atoms with E-state index in [1.807, 2.05) is 13.8 Å². The lowest BCUT2D eigenvalue weighted by Gasteiger charge is -2.38. The number of nitrogens with zero attached hydrogens (tertiary/aromatic N) is 3. The first-order valence-corrected chi connectivity index (χ1v) is 10.6. The van der Waals surface area contributed by atoms with Gasteiger partial charge in [-0.1, -0.05) is 0 Å². The normalized spacial score (nSPS) is 19.8. The number of aryl methyl sites for hydroxylation is 1. The minimum atomic E-state index is -0.313. The Morgan fingerprint density at radius 1 is 1.48 bits per heavy atom. The Bertz CT molecular complexity index is 685. The number of carbonyl (C=O) groups is 1. The van der Waals surface area contributed by atoms with Gasteiger partial charge >= 0.3 is 5.97 Å². The van der Waals surface area contributed by atoms with Crippen LogP contribution in [0.1, 0.15) is 54.1 Å². The number of nitrogens with one attached hydrogen (secondary N) is 2. The predicted molar refractivity (Wildman–Crippen MR) is 128 cm³/mol. The van der Waals surface area contributed by atoms with Gasteiger partial charge in [0.15, 0.2) is 5.96 Å². The van der Waals surface area contributed by atoms with E-state index in [4.69, 9.17) is 9.47 Å². The van der Waals surface area contributed by atoms with Crippen LogP contribution in [0.15, 0.2) is 4.99 Å². The van der Waals surface area contributed by atoms with Crippen molar-refractivity contribution in [3.05, 3.63) is 15.6 Å². The summed E-state index contributed by atoms with van der Waals surface area (Å²) >= 11 is 1.36. The lowest BCUT2D eigenvalue weighted by atomic mass is 10.2. The van der Waals surface area contributed by atoms with Crippen molar-refractivity contribution in [3.8, 4) is 0 Å². The summed E-state index contributed by atoms with van der Waals surface area (Å²) in [6, 6.07) is 0.708. The highest BCUT2D eigenvalue weighted by Gasteiger charge is 2.24. The van der Waals surface area contributed by atoms with E-state index in [0.29, 0.717) is 35.2 Å². The van der Waals surface area contributed by atoms with Crippen molar-refractivity contribution in [1.82, 2.24) is 20.5 Å². The number of aliphatic imine (C=N–C) groups is 1. The van der Waals surface area contributed by atoms with E-state index in [1.165, 1.54) is 11.3 Å². The molecule has 0 aromatic carbocycles. The maximum Gasteiger partial charge on any atom is 0.350 e. The molecule has 0 aliphatic carbocycles. The summed E-state index contributed by atoms with van der Waals surface area (Å²) in [5.74, 6) is 0.401. The largest absolute Gasteiger partial charge is 0.462 e. The van der Waals surface area contributed by atoms with Crippen LogP contribution >= 0.6 is 35.3 Å². The van der Waals surface area contributed by atoms with Gasteiger partial charge in [-0.3, -0.25) is 9.89 Å². The van der Waals surface area contributed by atoms with Gasteiger partial charge in [-0.05, 0) is 34.6 Å². The zero-order valence-corrected chi connectivity index (χ0v) is 21.3. The molecule has 3 atom stereocenters. The summed E-state index contributed by atoms with van der Waals surface area (Å²) in [6.07, 6.45) is 0. The van der Waals surface area contributed by atoms with Crippen LogP contribution in [0.5, 0.6) is 0 Å². The van der Waals surface area contributed by atoms with Crippen molar-refractivity contribution in [2.75, 3.05) is 40.0 Å². The maximum absolute atomic E-state index is 12.0. The predicted octanol–water partition coefficient (Wildman–Crippen LogP) is 2.58. The van der Waals surface area contributed by atoms with Crippen molar-refractivity contribution < 1.29 is 14.3 Å². The van der Waals surface area contributed by atoms with Crippen molar-refractivity contribution >= 4 is 47.2 Å². The van der Waals surface area contributed by atoms with Gasteiger partial charge < -0.3 is 20.1 Å². The average molecular weight is 539 g/mol. The summed E-state index contributed by atoms with van der Waals surface area (Å²) < 4.78 is 10.6. The molecular weight excluding hydrogens is 505 g/mol. The summed E-state index contributed by atoms with van der Waals surface area (Å²) in [4.78, 5) is 23.9. The number of morpholine rings is 1. The Hall–Kier alpha value is -0.980. The van der Waals surface area contributed by atoms with E-state index in [1.54, 1.807) is 14.0 Å². The fourth-order valence-corrected chi connectivity index (χ4v) is 4.17. The molecule has 2 heterocycles. The molecule has 0 saturated carbocycles. The van der Waals surface area contributed by atoms with Gasteiger partial charge in [0.05, 0.1) is 31.6 Å². The molecule has 0 bridgehead atoms. The molecule has 0 spiro atoms. The van der Waals surface area contributed by atoms with Gasteiger partial charge in [0, 0.05) is 32.2 Å². The Labute approximate surface area is 194 Å². The number of guanidine groups is 1. The molecule has 3 unspecified atom stereocenters. The molecule has 10 heteroatoms. The smallest absolute Gasteiger partial charge is 0.350 e. The zero-order valence-electron chi connectivity index (χ0n) is 18.2. The first kappa shape index (κ1) is 26.1. The number of hydrogen-bond acceptors (Lipinski definition) is 7. The van der Waals surface area contributed by atoms with Crippen LogP contribution in [0.4, 0.5) is 0 Å². The summed E-state index contributed by atoms with van der Waals surface area (Å²) in [5.41, 5.74) is 0.699. The van der Waals surface area contributed by atoms with Gasteiger partial charge in [-0.15, -0.1) is 35.3 Å². The van der Waals surface area contributed by atoms with Gasteiger partial charge in [-0.2, -0.15) is 0 Å². The number of esters is 1. The zero-order chi connectivity index (χ0) is 20.7. The van der Waals surface area contributed by atoms with Crippen LogP contribution in [0.3, 0.4) is 0 Å². The van der Waals surface area contributed by atoms with Crippen LogP contribution in [0, 0.1) is 6.92 Å². The van der Waals surface area contributed by atoms with E-state index in [-0.39, 0.29) is 36.0 Å². The summed E-state index contributed by atoms with van der Waals surface area (Å²) in [6.45, 7) is 13.7. The average Bonchev–Trinajstić information content (AvgIpc) is 3.07. The molecule has 29 heavy (non-hydrogen) atoms. The highest BCUT2D eigenvalue weighted by Crippen LogP contribution is 2.24. The number of aromatic nitrogens is 1. The van der Waals surface area contributed by atoms with Gasteiger partial charge in [0.25, 0.3) is 0 Å². The SMILES string of the molecule is CCOC(=O)c1sc(C(C)NC(=NC)NCC(C)N2CCOCC2C)nc1C.I. The van der Waals surface area contributed by atoms with Crippen LogP contribution in [0.25, 0.3) is 0 Å². The van der Waals surface area contributed by atoms with Crippen LogP contribution < -0.4 is 10.6 Å². The molecule has 0 amide bonds. The van der Waals surface area contributed by atoms with E-state index < -0.39 is 0 Å². The second-order valence-electron chi connectivity index (χ2n) is 7.02. The maximum atomic E-state index is 12.0. The Morgan fingerprint density at radius 3 is 2.83 bits per heavy atom. The molecule has 0 radical (unpaired) electrons. The van der Waals surface area contributed by atoms with E-state index in [2.05, 4.69) is 39.4 Å². The number of thiazole rings is 1. The first-order chi connectivity index (χ1) is 13.4. The lowest BCUT2D eigenvalue weighted by Crippen LogP contribution is -2.53. The highest BCUT2D eigenvalue weighted by molar-refractivity contribution is 14.0. The fourth-order valence-electron chi connectivity index (χ4n) is 3.21. The Kier molecular flexibility index (Phi) is 11.4. The number of ether oxygens (including phenoxy) is 2. The molecule has 1 aromatic rings. The molecule has 2 N–H and O–H groups in total. The summed E-state index contributed by atoms with van der Waals surface area (Å²) in [5, 5.41) is 7.58. The van der Waals surface area contributed by atoms with Gasteiger partial charge in [-0.25, -0.2) is 9.78 Å². The number of halogens is 1. The standard InChI is InChI=1S/C19H33N5O3S.HI/c1-7-27-18(25)16-14(4)22-17(28-16)15(5)23-19(20-6)21-10-12(2)24-8-9-26-11-13(24)3;/h12-13,15H,7-11H2,1-6H3,(H2,20,21,23);1H. The molecular formula is C19H34IN5O3S. The third-order valence-corrected chi connectivity index (χ3v) is 6.09. The van der Waals surface area contributed by atoms with Crippen molar-refractivity contribution in [3.63, 3.8) is 0 Å². The molecule has 1 fully saturated rings. The third-order valence-electron chi connectivity index (χ3n) is 4.77. The molecule has 8 nitrogen and oxygen atoms in total. The van der Waals surface area contributed by atoms with Crippen molar-refractivity contribution in [2.45, 2.75) is 52.7 Å². The van der Waals surface area contributed by atoms with E-state index in [9.17, 15) is 4.79 Å². The Morgan fingerprint density at radius 2 is 2.21 bits per heavy atom. The number of rotatable bonds is 7. The van der Waals surface area contributed by atoms with Gasteiger partial charge in [0.2, 0.25) is 0 Å². The lowest BCUT2D eigenvalue weighted by molar-refractivity contribution is -0.0174. The minimum Gasteiger partial charge on any atom is -0.462 e. The molecule has 1 saturated heterocycles. The second-order valence-corrected chi connectivity index (χ2v) is 8.05. The van der Waals surface area contributed by atoms with Crippen LogP contribution in [-0.2, 0) is 9.47 Å². The second kappa shape index (κ2) is 12.7. The van der Waals surface area contributed by atoms with Crippen molar-refractivity contribution in [2.24, 2.45) is 4.99 Å². The molecule has 2 rings (SSSR count). The molecule has 1 aromatic heterocycles. The molecule has 1 aliphatic heterocycles. The van der Waals surface area contributed by atoms with Gasteiger partial charge in [0.1, 0.15) is 9.88 Å². The van der Waals surface area contributed by atoms with Crippen LogP contribution in [0.2, 0.25) is 0 Å². The minimum absolute atomic E-state index is 0. The number of carbonyl (C=O) groups excluding carboxylic acids is 1. The molecule has 166 valence electrons. The topological polar surface area (TPSA) is 88.1 Å². The molecule has 1 aliphatic rings. The first-order valence-electron chi connectivity index (χ1n) is 9.82.